The lowest BCUT2D eigenvalue weighted by Gasteiger charge is -2.16. The quantitative estimate of drug-likeness (QED) is 0.615. The maximum Gasteiger partial charge on any atom is 0.419 e. The summed E-state index contributed by atoms with van der Waals surface area (Å²) in [5.74, 6) is -3.91. The molecule has 0 fully saturated rings. The molecule has 0 saturated carbocycles. The average Bonchev–Trinajstić information content (AvgIpc) is 2.23. The molecule has 0 heterocycles. The molecular formula is C10H7F5N2. The Bertz CT molecular complexity index is 499. The maximum absolute atomic E-state index is 13.2. The molecule has 0 aliphatic heterocycles. The second-order valence-electron chi connectivity index (χ2n) is 3.23. The smallest absolute Gasteiger partial charge is 0.395 e. The van der Waals surface area contributed by atoms with Crippen molar-refractivity contribution in [2.75, 3.05) is 5.73 Å². The summed E-state index contributed by atoms with van der Waals surface area (Å²) in [6, 6.07) is 1.36. The first kappa shape index (κ1) is 13.2. The van der Waals surface area contributed by atoms with Gasteiger partial charge in [-0.05, 0) is 12.0 Å². The Morgan fingerprint density at radius 2 is 1.76 bits per heavy atom. The SMILES string of the molecule is CCc1c(C#N)c(N)c(F)c(F)c1C(F)(F)F. The van der Waals surface area contributed by atoms with Gasteiger partial charge in [0, 0.05) is 0 Å². The molecule has 2 N–H and O–H groups in total. The molecule has 0 atom stereocenters. The average molecular weight is 250 g/mol. The van der Waals surface area contributed by atoms with Crippen LogP contribution in [-0.4, -0.2) is 0 Å². The van der Waals surface area contributed by atoms with Crippen LogP contribution in [0.3, 0.4) is 0 Å². The Morgan fingerprint density at radius 3 is 2.12 bits per heavy atom. The summed E-state index contributed by atoms with van der Waals surface area (Å²) in [6.07, 6.45) is -5.35. The van der Waals surface area contributed by atoms with Gasteiger partial charge in [0.05, 0.1) is 16.8 Å². The van der Waals surface area contributed by atoms with E-state index < -0.39 is 40.2 Å². The van der Waals surface area contributed by atoms with Crippen LogP contribution < -0.4 is 5.73 Å². The molecule has 2 nitrogen and oxygen atoms in total. The van der Waals surface area contributed by atoms with E-state index in [0.29, 0.717) is 0 Å². The van der Waals surface area contributed by atoms with Crippen LogP contribution in [-0.2, 0) is 12.6 Å². The summed E-state index contributed by atoms with van der Waals surface area (Å²) in [4.78, 5) is 0. The summed E-state index contributed by atoms with van der Waals surface area (Å²) < 4.78 is 64.1. The Morgan fingerprint density at radius 1 is 1.24 bits per heavy atom. The highest BCUT2D eigenvalue weighted by Crippen LogP contribution is 2.39. The lowest BCUT2D eigenvalue weighted by molar-refractivity contribution is -0.140. The zero-order valence-corrected chi connectivity index (χ0v) is 8.62. The maximum atomic E-state index is 13.2. The molecule has 0 radical (unpaired) electrons. The lowest BCUT2D eigenvalue weighted by atomic mass is 9.96. The number of nitrogens with zero attached hydrogens (tertiary/aromatic N) is 1. The van der Waals surface area contributed by atoms with Crippen molar-refractivity contribution in [3.63, 3.8) is 0 Å². The molecule has 17 heavy (non-hydrogen) atoms. The Kier molecular flexibility index (Phi) is 3.27. The number of alkyl halides is 3. The summed E-state index contributed by atoms with van der Waals surface area (Å²) in [5.41, 5.74) is 1.13. The summed E-state index contributed by atoms with van der Waals surface area (Å²) in [7, 11) is 0. The molecular weight excluding hydrogens is 243 g/mol. The number of benzene rings is 1. The first-order valence-electron chi connectivity index (χ1n) is 4.52. The van der Waals surface area contributed by atoms with E-state index in [0.717, 1.165) is 0 Å². The van der Waals surface area contributed by atoms with Gasteiger partial charge in [0.1, 0.15) is 6.07 Å². The molecule has 0 saturated heterocycles. The number of nitriles is 1. The van der Waals surface area contributed by atoms with Crippen LogP contribution in [0.2, 0.25) is 0 Å². The molecule has 0 amide bonds. The first-order valence-corrected chi connectivity index (χ1v) is 4.52. The molecule has 0 bridgehead atoms. The van der Waals surface area contributed by atoms with Gasteiger partial charge >= 0.3 is 6.18 Å². The van der Waals surface area contributed by atoms with Crippen molar-refractivity contribution in [2.24, 2.45) is 0 Å². The highest BCUT2D eigenvalue weighted by Gasteiger charge is 2.40. The van der Waals surface area contributed by atoms with Crippen molar-refractivity contribution in [1.29, 1.82) is 5.26 Å². The van der Waals surface area contributed by atoms with Crippen molar-refractivity contribution >= 4 is 5.69 Å². The van der Waals surface area contributed by atoms with Crippen molar-refractivity contribution in [1.82, 2.24) is 0 Å². The Labute approximate surface area is 93.5 Å². The molecule has 0 unspecified atom stereocenters. The standard InChI is InChI=1S/C10H7F5N2/c1-2-4-5(3-16)9(17)8(12)7(11)6(4)10(13,14)15/h2,17H2,1H3. The largest absolute Gasteiger partial charge is 0.419 e. The number of nitrogen functional groups attached to an aromatic ring is 1. The van der Waals surface area contributed by atoms with Gasteiger partial charge in [0.25, 0.3) is 0 Å². The lowest BCUT2D eigenvalue weighted by Crippen LogP contribution is -2.17. The fourth-order valence-electron chi connectivity index (χ4n) is 1.53. The van der Waals surface area contributed by atoms with Crippen molar-refractivity contribution in [2.45, 2.75) is 19.5 Å². The first-order chi connectivity index (χ1) is 7.75. The van der Waals surface area contributed by atoms with Crippen LogP contribution in [0.15, 0.2) is 0 Å². The van der Waals surface area contributed by atoms with Crippen LogP contribution in [0.5, 0.6) is 0 Å². The van der Waals surface area contributed by atoms with Crippen molar-refractivity contribution in [3.8, 4) is 6.07 Å². The van der Waals surface area contributed by atoms with Gasteiger partial charge in [0.15, 0.2) is 11.6 Å². The van der Waals surface area contributed by atoms with E-state index in [9.17, 15) is 22.0 Å². The van der Waals surface area contributed by atoms with E-state index in [1.54, 1.807) is 0 Å². The Hall–Kier alpha value is -1.84. The zero-order valence-electron chi connectivity index (χ0n) is 8.62. The topological polar surface area (TPSA) is 49.8 Å². The molecule has 0 aliphatic carbocycles. The van der Waals surface area contributed by atoms with Crippen LogP contribution in [0.25, 0.3) is 0 Å². The number of anilines is 1. The molecule has 0 spiro atoms. The van der Waals surface area contributed by atoms with Gasteiger partial charge in [-0.15, -0.1) is 0 Å². The molecule has 1 rings (SSSR count). The molecule has 1 aromatic rings. The number of nitrogens with two attached hydrogens (primary N) is 1. The highest BCUT2D eigenvalue weighted by molar-refractivity contribution is 5.62. The third-order valence-electron chi connectivity index (χ3n) is 2.27. The monoisotopic (exact) mass is 250 g/mol. The van der Waals surface area contributed by atoms with Gasteiger partial charge in [-0.2, -0.15) is 18.4 Å². The number of hydrogen-bond donors (Lipinski definition) is 1. The summed E-state index contributed by atoms with van der Waals surface area (Å²) in [6.45, 7) is 1.29. The summed E-state index contributed by atoms with van der Waals surface area (Å²) in [5, 5.41) is 8.65. The highest BCUT2D eigenvalue weighted by atomic mass is 19.4. The number of rotatable bonds is 1. The molecule has 7 heteroatoms. The van der Waals surface area contributed by atoms with E-state index >= 15 is 0 Å². The zero-order chi connectivity index (χ0) is 13.4. The second kappa shape index (κ2) is 4.20. The normalized spacial score (nSPS) is 11.4. The fourth-order valence-corrected chi connectivity index (χ4v) is 1.53. The minimum Gasteiger partial charge on any atom is -0.395 e. The van der Waals surface area contributed by atoms with E-state index in [4.69, 9.17) is 11.0 Å². The predicted octanol–water partition coefficient (Wildman–Crippen LogP) is 3.00. The van der Waals surface area contributed by atoms with Crippen LogP contribution in [0.1, 0.15) is 23.6 Å². The fraction of sp³-hybridized carbons (Fsp3) is 0.300. The van der Waals surface area contributed by atoms with E-state index in [1.165, 1.54) is 13.0 Å². The minimum absolute atomic E-state index is 0.279. The number of hydrogen-bond acceptors (Lipinski definition) is 2. The van der Waals surface area contributed by atoms with Gasteiger partial charge < -0.3 is 5.73 Å². The molecule has 0 aromatic heterocycles. The number of halogens is 5. The van der Waals surface area contributed by atoms with Crippen LogP contribution in [0, 0.1) is 23.0 Å². The van der Waals surface area contributed by atoms with E-state index in [-0.39, 0.29) is 6.42 Å². The van der Waals surface area contributed by atoms with Crippen molar-refractivity contribution < 1.29 is 22.0 Å². The second-order valence-corrected chi connectivity index (χ2v) is 3.23. The predicted molar refractivity (Wildman–Crippen MR) is 49.9 cm³/mol. The summed E-state index contributed by atoms with van der Waals surface area (Å²) >= 11 is 0. The van der Waals surface area contributed by atoms with Gasteiger partial charge in [-0.3, -0.25) is 0 Å². The Balaban J connectivity index is 3.83. The van der Waals surface area contributed by atoms with E-state index in [2.05, 4.69) is 0 Å². The third-order valence-corrected chi connectivity index (χ3v) is 2.27. The van der Waals surface area contributed by atoms with Gasteiger partial charge in [-0.25, -0.2) is 8.78 Å². The van der Waals surface area contributed by atoms with Crippen LogP contribution >= 0.6 is 0 Å². The van der Waals surface area contributed by atoms with Crippen molar-refractivity contribution in [3.05, 3.63) is 28.3 Å². The molecule has 92 valence electrons. The molecule has 1 aromatic carbocycles. The van der Waals surface area contributed by atoms with Crippen LogP contribution in [0.4, 0.5) is 27.6 Å². The van der Waals surface area contributed by atoms with Gasteiger partial charge in [0.2, 0.25) is 0 Å². The third kappa shape index (κ3) is 2.02. The van der Waals surface area contributed by atoms with E-state index in [1.807, 2.05) is 0 Å². The minimum atomic E-state index is -5.07. The van der Waals surface area contributed by atoms with Gasteiger partial charge in [-0.1, -0.05) is 6.92 Å². The molecule has 0 aliphatic rings.